The number of nitrogens with zero attached hydrogens (tertiary/aromatic N) is 4. The SMILES string of the molecule is Cc1ncsc1-c1ccc([C@H](CO)NC(=O)[C@@H]2CCCN2C(=O)[C@@H](NC(=O)COCCN2CCN(CCOc3ccc(Oc4c(-c5ccc(Br)cc5)sc5cc(O)ccc45)cc3)C[C@@H]2C)C(C)(C)C)cc1. The summed E-state index contributed by atoms with van der Waals surface area (Å²) in [5.41, 5.74) is 4.92. The molecule has 0 bridgehead atoms. The Labute approximate surface area is 432 Å². The van der Waals surface area contributed by atoms with Crippen LogP contribution >= 0.6 is 38.6 Å². The number of benzene rings is 4. The number of aryl methyl sites for hydroxylation is 1. The third kappa shape index (κ3) is 13.0. The zero-order chi connectivity index (χ0) is 50.2. The van der Waals surface area contributed by atoms with Crippen molar-refractivity contribution in [2.45, 2.75) is 71.6 Å². The number of hydrogen-bond donors (Lipinski definition) is 4. The highest BCUT2D eigenvalue weighted by atomic mass is 79.9. The van der Waals surface area contributed by atoms with Gasteiger partial charge in [-0.25, -0.2) is 4.98 Å². The number of piperazine rings is 1. The predicted octanol–water partition coefficient (Wildman–Crippen LogP) is 9.03. The van der Waals surface area contributed by atoms with Gasteiger partial charge in [-0.3, -0.25) is 24.2 Å². The number of aromatic hydroxyl groups is 1. The van der Waals surface area contributed by atoms with E-state index in [0.29, 0.717) is 44.9 Å². The molecule has 71 heavy (non-hydrogen) atoms. The number of thiophene rings is 1. The molecule has 2 aromatic heterocycles. The highest BCUT2D eigenvalue weighted by Crippen LogP contribution is 2.47. The largest absolute Gasteiger partial charge is 0.508 e. The van der Waals surface area contributed by atoms with Gasteiger partial charge < -0.3 is 40.0 Å². The van der Waals surface area contributed by atoms with Crippen molar-refractivity contribution in [3.8, 4) is 43.9 Å². The van der Waals surface area contributed by atoms with Gasteiger partial charge in [0.25, 0.3) is 0 Å². The molecular weight excluding hydrogens is 1000 g/mol. The Hall–Kier alpha value is -5.40. The topological polar surface area (TPSA) is 166 Å². The standard InChI is InChI=1S/C54H63BrN6O8S2/c1-34-30-59(25-28-68-41-17-19-42(20-18-41)69-48-43-21-16-40(63)29-46(43)71-50(48)38-12-14-39(55)15-13-38)23-24-60(34)26-27-67-32-47(64)58-51(54(3,4)5)53(66)61-22-6-7-45(61)52(65)57-44(31-62)36-8-10-37(11-9-36)49-35(2)56-33-70-49/h8-21,29,33-34,44-45,51,62-63H,6-7,22-28,30-32H2,1-5H3,(H,57,65)(H,58,64)/t34-,44-,45-,51+/m0/s1. The average Bonchev–Trinajstić information content (AvgIpc) is 4.11. The molecule has 2 aliphatic heterocycles. The molecule has 0 aliphatic carbocycles. The number of fused-ring (bicyclic) bond motifs is 1. The van der Waals surface area contributed by atoms with Crippen LogP contribution in [0.15, 0.2) is 101 Å². The van der Waals surface area contributed by atoms with E-state index in [2.05, 4.69) is 48.3 Å². The summed E-state index contributed by atoms with van der Waals surface area (Å²) in [5, 5.41) is 27.3. The second kappa shape index (κ2) is 23.4. The number of carbonyl (C=O) groups is 3. The summed E-state index contributed by atoms with van der Waals surface area (Å²) in [6.07, 6.45) is 1.13. The Kier molecular flexibility index (Phi) is 17.1. The molecule has 376 valence electrons. The van der Waals surface area contributed by atoms with Crippen LogP contribution in [-0.4, -0.2) is 131 Å². The van der Waals surface area contributed by atoms with Gasteiger partial charge in [0.1, 0.15) is 42.5 Å². The summed E-state index contributed by atoms with van der Waals surface area (Å²) in [6, 6.07) is 26.8. The maximum atomic E-state index is 14.1. The molecule has 6 aromatic rings. The van der Waals surface area contributed by atoms with Crippen LogP contribution in [-0.2, 0) is 19.1 Å². The molecule has 4 heterocycles. The molecule has 0 radical (unpaired) electrons. The maximum absolute atomic E-state index is 14.1. The van der Waals surface area contributed by atoms with Crippen molar-refractivity contribution in [1.29, 1.82) is 0 Å². The van der Waals surface area contributed by atoms with Crippen LogP contribution < -0.4 is 20.1 Å². The highest BCUT2D eigenvalue weighted by molar-refractivity contribution is 9.10. The monoisotopic (exact) mass is 1070 g/mol. The van der Waals surface area contributed by atoms with Gasteiger partial charge in [0.15, 0.2) is 5.75 Å². The predicted molar refractivity (Wildman–Crippen MR) is 283 cm³/mol. The van der Waals surface area contributed by atoms with E-state index >= 15 is 0 Å². The minimum absolute atomic E-state index is 0.189. The van der Waals surface area contributed by atoms with Crippen LogP contribution in [0.4, 0.5) is 0 Å². The van der Waals surface area contributed by atoms with E-state index in [1.165, 1.54) is 0 Å². The zero-order valence-corrected chi connectivity index (χ0v) is 44.1. The first-order valence-corrected chi connectivity index (χ1v) is 26.6. The number of likely N-dealkylation sites (tertiary alicyclic amines) is 1. The van der Waals surface area contributed by atoms with Crippen LogP contribution in [0.3, 0.4) is 0 Å². The molecule has 14 nitrogen and oxygen atoms in total. The summed E-state index contributed by atoms with van der Waals surface area (Å²) in [5.74, 6) is 1.37. The zero-order valence-electron chi connectivity index (χ0n) is 40.9. The minimum Gasteiger partial charge on any atom is -0.508 e. The number of hydrogen-bond acceptors (Lipinski definition) is 13. The lowest BCUT2D eigenvalue weighted by Gasteiger charge is -2.39. The number of ether oxygens (including phenoxy) is 3. The number of phenols is 1. The van der Waals surface area contributed by atoms with Crippen molar-refractivity contribution < 1.29 is 38.8 Å². The molecule has 2 aliphatic rings. The molecule has 17 heteroatoms. The van der Waals surface area contributed by atoms with E-state index in [1.54, 1.807) is 39.7 Å². The molecule has 4 atom stereocenters. The summed E-state index contributed by atoms with van der Waals surface area (Å²) >= 11 is 6.66. The fourth-order valence-corrected chi connectivity index (χ4v) is 11.4. The third-order valence-corrected chi connectivity index (χ3v) is 15.8. The van der Waals surface area contributed by atoms with Gasteiger partial charge in [0.2, 0.25) is 17.7 Å². The fourth-order valence-electron chi connectivity index (χ4n) is 9.19. The number of carbonyl (C=O) groups excluding carboxylic acids is 3. The quantitative estimate of drug-likeness (QED) is 0.0572. The van der Waals surface area contributed by atoms with Crippen molar-refractivity contribution in [3.05, 3.63) is 112 Å². The number of aliphatic hydroxyl groups excluding tert-OH is 1. The third-order valence-electron chi connectivity index (χ3n) is 13.1. The number of thiazole rings is 1. The van der Waals surface area contributed by atoms with Crippen molar-refractivity contribution >= 4 is 66.4 Å². The Bertz CT molecular complexity index is 2760. The van der Waals surface area contributed by atoms with Crippen molar-refractivity contribution in [3.63, 3.8) is 0 Å². The molecular formula is C54H63BrN6O8S2. The van der Waals surface area contributed by atoms with E-state index in [9.17, 15) is 24.6 Å². The lowest BCUT2D eigenvalue weighted by Crippen LogP contribution is -2.58. The van der Waals surface area contributed by atoms with Gasteiger partial charge in [-0.1, -0.05) is 73.1 Å². The average molecular weight is 1070 g/mol. The van der Waals surface area contributed by atoms with Crippen LogP contribution in [0.1, 0.15) is 57.8 Å². The molecule has 2 fully saturated rings. The summed E-state index contributed by atoms with van der Waals surface area (Å²) in [7, 11) is 0. The number of amides is 3. The normalized spacial score (nSPS) is 17.5. The Morgan fingerprint density at radius 3 is 2.30 bits per heavy atom. The molecule has 4 N–H and O–H groups in total. The van der Waals surface area contributed by atoms with Gasteiger partial charge in [-0.2, -0.15) is 0 Å². The Balaban J connectivity index is 0.751. The number of nitrogens with one attached hydrogen (secondary N) is 2. The van der Waals surface area contributed by atoms with E-state index in [4.69, 9.17) is 14.2 Å². The number of rotatable bonds is 19. The first-order valence-electron chi connectivity index (χ1n) is 24.1. The second-order valence-electron chi connectivity index (χ2n) is 19.3. The lowest BCUT2D eigenvalue weighted by atomic mass is 9.85. The highest BCUT2D eigenvalue weighted by Gasteiger charge is 2.42. The van der Waals surface area contributed by atoms with E-state index in [0.717, 1.165) is 84.4 Å². The lowest BCUT2D eigenvalue weighted by molar-refractivity contribution is -0.144. The van der Waals surface area contributed by atoms with E-state index in [1.807, 2.05) is 112 Å². The van der Waals surface area contributed by atoms with Crippen LogP contribution in [0.5, 0.6) is 23.0 Å². The maximum Gasteiger partial charge on any atom is 0.246 e. The van der Waals surface area contributed by atoms with Gasteiger partial charge >= 0.3 is 0 Å². The van der Waals surface area contributed by atoms with Gasteiger partial charge in [-0.15, -0.1) is 22.7 Å². The first-order chi connectivity index (χ1) is 34.1. The first kappa shape index (κ1) is 51.9. The van der Waals surface area contributed by atoms with Gasteiger partial charge in [0, 0.05) is 59.9 Å². The van der Waals surface area contributed by atoms with Gasteiger partial charge in [-0.05, 0) is 103 Å². The molecule has 0 unspecified atom stereocenters. The smallest absolute Gasteiger partial charge is 0.246 e. The van der Waals surface area contributed by atoms with Crippen molar-refractivity contribution in [2.24, 2.45) is 5.41 Å². The van der Waals surface area contributed by atoms with Gasteiger partial charge in [0.05, 0.1) is 40.2 Å². The summed E-state index contributed by atoms with van der Waals surface area (Å²) in [4.78, 5) is 53.9. The summed E-state index contributed by atoms with van der Waals surface area (Å²) < 4.78 is 20.5. The Morgan fingerprint density at radius 1 is 0.887 bits per heavy atom. The van der Waals surface area contributed by atoms with Crippen LogP contribution in [0.25, 0.3) is 31.0 Å². The van der Waals surface area contributed by atoms with Crippen molar-refractivity contribution in [2.75, 3.05) is 65.7 Å². The number of phenolic OH excluding ortho intramolecular Hbond substituents is 1. The minimum atomic E-state index is -0.874. The number of halogens is 1. The van der Waals surface area contributed by atoms with Crippen LogP contribution in [0.2, 0.25) is 0 Å². The van der Waals surface area contributed by atoms with E-state index in [-0.39, 0.29) is 42.7 Å². The number of aliphatic hydroxyl groups is 1. The summed E-state index contributed by atoms with van der Waals surface area (Å²) in [6.45, 7) is 14.7. The molecule has 0 saturated carbocycles. The second-order valence-corrected chi connectivity index (χ2v) is 22.1. The molecule has 3 amide bonds. The van der Waals surface area contributed by atoms with Crippen LogP contribution in [0, 0.1) is 12.3 Å². The van der Waals surface area contributed by atoms with Crippen molar-refractivity contribution in [1.82, 2.24) is 30.3 Å². The molecule has 4 aromatic carbocycles. The molecule has 2 saturated heterocycles. The fraction of sp³-hybridized carbons (Fsp3) is 0.407. The Morgan fingerprint density at radius 2 is 1.61 bits per heavy atom. The van der Waals surface area contributed by atoms with E-state index < -0.39 is 23.5 Å². The molecule has 0 spiro atoms. The molecule has 8 rings (SSSR count). The number of aromatic nitrogens is 1.